The number of aromatic nitrogens is 1. The maximum atomic E-state index is 12.3. The summed E-state index contributed by atoms with van der Waals surface area (Å²) in [4.78, 5) is 28.9. The molecule has 1 saturated heterocycles. The molecule has 3 rings (SSSR count). The summed E-state index contributed by atoms with van der Waals surface area (Å²) in [5.74, 6) is -0.367. The number of nitrogens with zero attached hydrogens (tertiary/aromatic N) is 1. The third kappa shape index (κ3) is 3.68. The number of H-pyrrole nitrogens is 1. The van der Waals surface area contributed by atoms with Crippen LogP contribution in [0, 0.1) is 0 Å². The molecule has 0 aliphatic carbocycles. The fourth-order valence-electron chi connectivity index (χ4n) is 3.12. The summed E-state index contributed by atoms with van der Waals surface area (Å²) in [5.41, 5.74) is 0.741. The summed E-state index contributed by atoms with van der Waals surface area (Å²) >= 11 is 6.36. The van der Waals surface area contributed by atoms with Crippen molar-refractivity contribution < 1.29 is 4.79 Å². The van der Waals surface area contributed by atoms with Gasteiger partial charge in [0, 0.05) is 17.8 Å². The summed E-state index contributed by atoms with van der Waals surface area (Å²) in [7, 11) is 0. The van der Waals surface area contributed by atoms with Gasteiger partial charge in [-0.1, -0.05) is 29.8 Å². The summed E-state index contributed by atoms with van der Waals surface area (Å²) in [5, 5.41) is 3.58. The first kappa shape index (κ1) is 16.7. The minimum absolute atomic E-state index is 0.00736. The van der Waals surface area contributed by atoms with Crippen LogP contribution in [0.25, 0.3) is 0 Å². The zero-order valence-electron chi connectivity index (χ0n) is 13.3. The van der Waals surface area contributed by atoms with Gasteiger partial charge in [0.05, 0.1) is 6.04 Å². The predicted molar refractivity (Wildman–Crippen MR) is 94.4 cm³/mol. The summed E-state index contributed by atoms with van der Waals surface area (Å²) in [6, 6.07) is 10.9. The van der Waals surface area contributed by atoms with E-state index in [1.54, 1.807) is 6.07 Å². The van der Waals surface area contributed by atoms with Gasteiger partial charge < -0.3 is 10.3 Å². The minimum Gasteiger partial charge on any atom is -0.350 e. The Morgan fingerprint density at radius 3 is 2.67 bits per heavy atom. The zero-order valence-corrected chi connectivity index (χ0v) is 14.1. The van der Waals surface area contributed by atoms with E-state index in [1.165, 1.54) is 12.3 Å². The van der Waals surface area contributed by atoms with Crippen LogP contribution < -0.4 is 10.9 Å². The average molecular weight is 346 g/mol. The highest BCUT2D eigenvalue weighted by Gasteiger charge is 2.25. The number of rotatable bonds is 5. The number of carbonyl (C=O) groups excluding carboxylic acids is 1. The first-order chi connectivity index (χ1) is 11.7. The van der Waals surface area contributed by atoms with Crippen LogP contribution in [0.3, 0.4) is 0 Å². The fraction of sp³-hybridized carbons (Fsp3) is 0.333. The fourth-order valence-corrected chi connectivity index (χ4v) is 3.38. The lowest BCUT2D eigenvalue weighted by atomic mass is 10.1. The van der Waals surface area contributed by atoms with Crippen molar-refractivity contribution >= 4 is 17.5 Å². The number of benzene rings is 1. The van der Waals surface area contributed by atoms with Gasteiger partial charge in [0.25, 0.3) is 11.5 Å². The highest BCUT2D eigenvalue weighted by atomic mass is 35.5. The van der Waals surface area contributed by atoms with E-state index in [9.17, 15) is 9.59 Å². The van der Waals surface area contributed by atoms with Gasteiger partial charge in [-0.3, -0.25) is 14.5 Å². The van der Waals surface area contributed by atoms with Crippen molar-refractivity contribution in [2.24, 2.45) is 0 Å². The van der Waals surface area contributed by atoms with Gasteiger partial charge in [0.15, 0.2) is 0 Å². The maximum absolute atomic E-state index is 12.3. The summed E-state index contributed by atoms with van der Waals surface area (Å²) in [6.07, 6.45) is 3.80. The Hall–Kier alpha value is -2.11. The lowest BCUT2D eigenvalue weighted by Gasteiger charge is -2.28. The Balaban J connectivity index is 1.78. The van der Waals surface area contributed by atoms with Gasteiger partial charge in [-0.2, -0.15) is 0 Å². The maximum Gasteiger partial charge on any atom is 0.260 e. The number of carbonyl (C=O) groups is 1. The van der Waals surface area contributed by atoms with Crippen molar-refractivity contribution in [3.05, 3.63) is 69.1 Å². The van der Waals surface area contributed by atoms with Crippen LogP contribution in [0.5, 0.6) is 0 Å². The lowest BCUT2D eigenvalue weighted by molar-refractivity contribution is 0.0936. The Labute approximate surface area is 145 Å². The topological polar surface area (TPSA) is 65.2 Å². The molecule has 0 radical (unpaired) electrons. The molecule has 1 fully saturated rings. The number of aromatic amines is 1. The van der Waals surface area contributed by atoms with Crippen LogP contribution in [0.4, 0.5) is 0 Å². The van der Waals surface area contributed by atoms with E-state index in [0.717, 1.165) is 31.5 Å². The van der Waals surface area contributed by atoms with E-state index in [4.69, 9.17) is 11.6 Å². The van der Waals surface area contributed by atoms with Crippen molar-refractivity contribution in [1.82, 2.24) is 15.2 Å². The third-order valence-electron chi connectivity index (χ3n) is 4.36. The first-order valence-corrected chi connectivity index (χ1v) is 8.49. The molecule has 0 spiro atoms. The molecule has 2 aromatic rings. The molecule has 1 atom stereocenters. The quantitative estimate of drug-likeness (QED) is 0.875. The third-order valence-corrected chi connectivity index (χ3v) is 4.71. The van der Waals surface area contributed by atoms with Crippen LogP contribution in [0.2, 0.25) is 5.02 Å². The van der Waals surface area contributed by atoms with E-state index < -0.39 is 0 Å². The monoisotopic (exact) mass is 345 g/mol. The molecule has 1 amide bonds. The lowest BCUT2D eigenvalue weighted by Crippen LogP contribution is -2.38. The van der Waals surface area contributed by atoms with Gasteiger partial charge in [0.1, 0.15) is 5.56 Å². The van der Waals surface area contributed by atoms with Gasteiger partial charge in [0.2, 0.25) is 0 Å². The molecule has 126 valence electrons. The van der Waals surface area contributed by atoms with E-state index in [-0.39, 0.29) is 23.1 Å². The Kier molecular flexibility index (Phi) is 5.33. The first-order valence-electron chi connectivity index (χ1n) is 8.11. The largest absolute Gasteiger partial charge is 0.350 e. The van der Waals surface area contributed by atoms with E-state index in [2.05, 4.69) is 15.2 Å². The number of likely N-dealkylation sites (tertiary alicyclic amines) is 1. The molecule has 24 heavy (non-hydrogen) atoms. The Morgan fingerprint density at radius 1 is 1.21 bits per heavy atom. The number of halogens is 1. The Bertz CT molecular complexity index is 769. The number of amides is 1. The second kappa shape index (κ2) is 7.64. The van der Waals surface area contributed by atoms with Crippen LogP contribution >= 0.6 is 11.6 Å². The van der Waals surface area contributed by atoms with Crippen LogP contribution in [-0.4, -0.2) is 35.4 Å². The van der Waals surface area contributed by atoms with Crippen molar-refractivity contribution in [1.29, 1.82) is 0 Å². The zero-order chi connectivity index (χ0) is 16.9. The van der Waals surface area contributed by atoms with E-state index in [1.807, 2.05) is 24.3 Å². The van der Waals surface area contributed by atoms with Crippen molar-refractivity contribution in [2.75, 3.05) is 19.6 Å². The van der Waals surface area contributed by atoms with Gasteiger partial charge in [-0.05, 0) is 49.7 Å². The smallest absolute Gasteiger partial charge is 0.260 e. The van der Waals surface area contributed by atoms with Crippen molar-refractivity contribution in [3.8, 4) is 0 Å². The second-order valence-corrected chi connectivity index (χ2v) is 6.31. The highest BCUT2D eigenvalue weighted by Crippen LogP contribution is 2.29. The number of hydrogen-bond donors (Lipinski definition) is 2. The van der Waals surface area contributed by atoms with Gasteiger partial charge in [-0.15, -0.1) is 0 Å². The molecule has 2 N–H and O–H groups in total. The molecule has 6 heteroatoms. The molecule has 2 heterocycles. The van der Waals surface area contributed by atoms with Crippen LogP contribution in [0.1, 0.15) is 34.8 Å². The van der Waals surface area contributed by atoms with Crippen molar-refractivity contribution in [3.63, 3.8) is 0 Å². The molecule has 0 unspecified atom stereocenters. The van der Waals surface area contributed by atoms with Gasteiger partial charge >= 0.3 is 0 Å². The molecule has 1 aromatic carbocycles. The van der Waals surface area contributed by atoms with Crippen LogP contribution in [0.15, 0.2) is 47.4 Å². The van der Waals surface area contributed by atoms with E-state index in [0.29, 0.717) is 11.6 Å². The molecule has 1 aromatic heterocycles. The normalized spacial score (nSPS) is 16.0. The second-order valence-electron chi connectivity index (χ2n) is 5.90. The number of hydrogen-bond acceptors (Lipinski definition) is 3. The average Bonchev–Trinajstić information content (AvgIpc) is 3.11. The molecular formula is C18H20ClN3O2. The highest BCUT2D eigenvalue weighted by molar-refractivity contribution is 6.31. The summed E-state index contributed by atoms with van der Waals surface area (Å²) < 4.78 is 0. The van der Waals surface area contributed by atoms with E-state index >= 15 is 0 Å². The van der Waals surface area contributed by atoms with Gasteiger partial charge in [-0.25, -0.2) is 0 Å². The molecule has 5 nitrogen and oxygen atoms in total. The molecule has 0 bridgehead atoms. The SMILES string of the molecule is O=C(NC[C@@H](c1ccccc1Cl)N1CCCC1)c1ccc[nH]c1=O. The number of nitrogens with one attached hydrogen (secondary N) is 2. The molecule has 1 aliphatic heterocycles. The molecule has 0 saturated carbocycles. The Morgan fingerprint density at radius 2 is 1.96 bits per heavy atom. The minimum atomic E-state index is -0.384. The summed E-state index contributed by atoms with van der Waals surface area (Å²) in [6.45, 7) is 2.38. The van der Waals surface area contributed by atoms with Crippen LogP contribution in [-0.2, 0) is 0 Å². The van der Waals surface area contributed by atoms with Crippen molar-refractivity contribution in [2.45, 2.75) is 18.9 Å². The molecular weight excluding hydrogens is 326 g/mol. The standard InChI is InChI=1S/C18H20ClN3O2/c19-15-8-2-1-6-13(15)16(22-10-3-4-11-22)12-21-18(24)14-7-5-9-20-17(14)23/h1-2,5-9,16H,3-4,10-12H2,(H,20,23)(H,21,24)/t16-/m0/s1. The predicted octanol–water partition coefficient (Wildman–Crippen LogP) is 2.60. The number of pyridine rings is 1. The molecule has 1 aliphatic rings.